The number of ether oxygens (including phenoxy) is 1. The summed E-state index contributed by atoms with van der Waals surface area (Å²) in [6, 6.07) is 9.67. The molecule has 0 unspecified atom stereocenters. The van der Waals surface area contributed by atoms with Gasteiger partial charge < -0.3 is 15.0 Å². The Morgan fingerprint density at radius 1 is 1.13 bits per heavy atom. The number of aryl methyl sites for hydroxylation is 1. The summed E-state index contributed by atoms with van der Waals surface area (Å²) >= 11 is 5.53. The van der Waals surface area contributed by atoms with E-state index in [-0.39, 0.29) is 24.4 Å². The van der Waals surface area contributed by atoms with E-state index < -0.39 is 0 Å². The molecule has 1 N–H and O–H groups in total. The third kappa shape index (κ3) is 7.95. The maximum absolute atomic E-state index is 11.5. The molecule has 4 heterocycles. The van der Waals surface area contributed by atoms with Crippen LogP contribution < -0.4 is 10.1 Å². The maximum atomic E-state index is 11.5. The Labute approximate surface area is 196 Å². The highest BCUT2D eigenvalue weighted by atomic mass is 35.5. The zero-order chi connectivity index (χ0) is 21.3. The molecule has 2 aromatic rings. The van der Waals surface area contributed by atoms with Gasteiger partial charge in [-0.3, -0.25) is 4.79 Å². The van der Waals surface area contributed by atoms with E-state index in [1.54, 1.807) is 13.0 Å². The Morgan fingerprint density at radius 3 is 2.42 bits per heavy atom. The number of likely N-dealkylation sites (tertiary alicyclic amines) is 1. The van der Waals surface area contributed by atoms with Gasteiger partial charge in [0.2, 0.25) is 11.8 Å². The fourth-order valence-corrected chi connectivity index (χ4v) is 4.10. The standard InChI is InChI=1S/C17H25N3O2.C6H6ClN.ClH/c1-13(21)20-11-6-14(7-12-20)16-3-2-8-19-17(16)22-15-4-9-18-10-5-15;1-5-3-2-4-6(7)8-5;/h2-3,8,14-15,18H,4-7,9-12H2,1H3;2-4H,1H3;1H. The Morgan fingerprint density at radius 2 is 1.84 bits per heavy atom. The number of carbonyl (C=O) groups excluding carboxylic acids is 1. The van der Waals surface area contributed by atoms with E-state index in [1.807, 2.05) is 36.2 Å². The number of aromatic nitrogens is 2. The summed E-state index contributed by atoms with van der Waals surface area (Å²) in [6.45, 7) is 7.26. The van der Waals surface area contributed by atoms with Gasteiger partial charge in [-0.05, 0) is 69.8 Å². The predicted molar refractivity (Wildman–Crippen MR) is 126 cm³/mol. The van der Waals surface area contributed by atoms with Crippen molar-refractivity contribution < 1.29 is 9.53 Å². The minimum atomic E-state index is 0. The van der Waals surface area contributed by atoms with Crippen molar-refractivity contribution in [3.63, 3.8) is 0 Å². The quantitative estimate of drug-likeness (QED) is 0.678. The number of pyridine rings is 2. The second kappa shape index (κ2) is 12.8. The van der Waals surface area contributed by atoms with Crippen LogP contribution in [0.1, 0.15) is 49.8 Å². The molecule has 0 aliphatic carbocycles. The molecule has 2 aromatic heterocycles. The fraction of sp³-hybridized carbons (Fsp3) is 0.522. The van der Waals surface area contributed by atoms with Gasteiger partial charge in [-0.15, -0.1) is 12.4 Å². The Balaban J connectivity index is 0.000000322. The van der Waals surface area contributed by atoms with Crippen molar-refractivity contribution in [1.29, 1.82) is 0 Å². The van der Waals surface area contributed by atoms with Crippen LogP contribution in [-0.2, 0) is 4.79 Å². The van der Waals surface area contributed by atoms with Crippen molar-refractivity contribution in [1.82, 2.24) is 20.2 Å². The molecule has 0 radical (unpaired) electrons. The van der Waals surface area contributed by atoms with E-state index >= 15 is 0 Å². The molecule has 1 amide bonds. The van der Waals surface area contributed by atoms with E-state index in [0.29, 0.717) is 11.1 Å². The number of piperidine rings is 2. The summed E-state index contributed by atoms with van der Waals surface area (Å²) in [5.41, 5.74) is 2.17. The second-order valence-electron chi connectivity index (χ2n) is 7.85. The minimum Gasteiger partial charge on any atom is -0.474 e. The van der Waals surface area contributed by atoms with Crippen LogP contribution in [0.5, 0.6) is 5.88 Å². The lowest BCUT2D eigenvalue weighted by Gasteiger charge is -2.32. The predicted octanol–water partition coefficient (Wildman–Crippen LogP) is 4.40. The van der Waals surface area contributed by atoms with Crippen molar-refractivity contribution in [3.8, 4) is 5.88 Å². The maximum Gasteiger partial charge on any atom is 0.219 e. The summed E-state index contributed by atoms with van der Waals surface area (Å²) in [4.78, 5) is 21.8. The Kier molecular flexibility index (Phi) is 10.5. The molecule has 4 rings (SSSR count). The van der Waals surface area contributed by atoms with Gasteiger partial charge in [0, 0.05) is 37.5 Å². The topological polar surface area (TPSA) is 67.4 Å². The SMILES string of the molecule is CC(=O)N1CCC(c2cccnc2OC2CCNCC2)CC1.Cc1cccc(Cl)n1.Cl. The lowest BCUT2D eigenvalue weighted by atomic mass is 9.90. The van der Waals surface area contributed by atoms with Gasteiger partial charge in [-0.2, -0.15) is 0 Å². The summed E-state index contributed by atoms with van der Waals surface area (Å²) in [5, 5.41) is 3.92. The van der Waals surface area contributed by atoms with Gasteiger partial charge in [-0.25, -0.2) is 9.97 Å². The number of halogens is 2. The molecule has 0 spiro atoms. The molecule has 2 aliphatic rings. The largest absolute Gasteiger partial charge is 0.474 e. The average Bonchev–Trinajstić information content (AvgIpc) is 2.75. The van der Waals surface area contributed by atoms with Crippen molar-refractivity contribution in [2.75, 3.05) is 26.2 Å². The Hall–Kier alpha value is -1.89. The van der Waals surface area contributed by atoms with Crippen molar-refractivity contribution in [2.24, 2.45) is 0 Å². The van der Waals surface area contributed by atoms with Gasteiger partial charge >= 0.3 is 0 Å². The van der Waals surface area contributed by atoms with Gasteiger partial charge in [0.25, 0.3) is 0 Å². The van der Waals surface area contributed by atoms with Crippen molar-refractivity contribution in [2.45, 2.75) is 51.6 Å². The molecule has 2 fully saturated rings. The molecule has 2 saturated heterocycles. The number of amides is 1. The highest BCUT2D eigenvalue weighted by molar-refractivity contribution is 6.29. The smallest absolute Gasteiger partial charge is 0.219 e. The first kappa shape index (κ1) is 25.4. The lowest BCUT2D eigenvalue weighted by Crippen LogP contribution is -2.37. The molecule has 0 bridgehead atoms. The number of hydrogen-bond donors (Lipinski definition) is 1. The van der Waals surface area contributed by atoms with E-state index in [2.05, 4.69) is 21.4 Å². The van der Waals surface area contributed by atoms with Crippen molar-refractivity contribution in [3.05, 3.63) is 52.9 Å². The molecule has 2 aliphatic heterocycles. The summed E-state index contributed by atoms with van der Waals surface area (Å²) in [6.07, 6.45) is 6.15. The number of rotatable bonds is 3. The third-order valence-corrected chi connectivity index (χ3v) is 5.81. The summed E-state index contributed by atoms with van der Waals surface area (Å²) in [7, 11) is 0. The number of carbonyl (C=O) groups is 1. The van der Waals surface area contributed by atoms with E-state index in [0.717, 1.165) is 63.4 Å². The fourth-order valence-electron chi connectivity index (χ4n) is 3.90. The zero-order valence-electron chi connectivity index (χ0n) is 18.2. The highest BCUT2D eigenvalue weighted by Gasteiger charge is 2.26. The lowest BCUT2D eigenvalue weighted by molar-refractivity contribution is -0.129. The van der Waals surface area contributed by atoms with Crippen LogP contribution in [0.15, 0.2) is 36.5 Å². The van der Waals surface area contributed by atoms with Gasteiger partial charge in [0.05, 0.1) is 0 Å². The van der Waals surface area contributed by atoms with E-state index in [9.17, 15) is 4.79 Å². The molecular weight excluding hydrogens is 435 g/mol. The summed E-state index contributed by atoms with van der Waals surface area (Å²) < 4.78 is 6.18. The van der Waals surface area contributed by atoms with Crippen LogP contribution in [0, 0.1) is 6.92 Å². The molecular formula is C23H32Cl2N4O2. The normalized spacial score (nSPS) is 17.2. The van der Waals surface area contributed by atoms with Gasteiger partial charge in [0.15, 0.2) is 0 Å². The third-order valence-electron chi connectivity index (χ3n) is 5.60. The van der Waals surface area contributed by atoms with Gasteiger partial charge in [-0.1, -0.05) is 23.7 Å². The van der Waals surface area contributed by atoms with Crippen molar-refractivity contribution >= 4 is 29.9 Å². The zero-order valence-corrected chi connectivity index (χ0v) is 19.8. The van der Waals surface area contributed by atoms with Crippen LogP contribution in [-0.4, -0.2) is 53.1 Å². The average molecular weight is 467 g/mol. The number of nitrogens with one attached hydrogen (secondary N) is 1. The molecule has 170 valence electrons. The monoisotopic (exact) mass is 466 g/mol. The van der Waals surface area contributed by atoms with Gasteiger partial charge in [0.1, 0.15) is 11.3 Å². The summed E-state index contributed by atoms with van der Waals surface area (Å²) in [5.74, 6) is 1.42. The molecule has 0 saturated carbocycles. The first-order chi connectivity index (χ1) is 14.5. The van der Waals surface area contributed by atoms with E-state index in [4.69, 9.17) is 16.3 Å². The van der Waals surface area contributed by atoms with Crippen LogP contribution in [0.3, 0.4) is 0 Å². The highest BCUT2D eigenvalue weighted by Crippen LogP contribution is 2.33. The molecule has 6 nitrogen and oxygen atoms in total. The van der Waals surface area contributed by atoms with Crippen LogP contribution >= 0.6 is 24.0 Å². The van der Waals surface area contributed by atoms with Crippen LogP contribution in [0.2, 0.25) is 5.15 Å². The number of hydrogen-bond acceptors (Lipinski definition) is 5. The first-order valence-corrected chi connectivity index (χ1v) is 11.1. The molecule has 0 aromatic carbocycles. The second-order valence-corrected chi connectivity index (χ2v) is 8.23. The van der Waals surface area contributed by atoms with Crippen LogP contribution in [0.4, 0.5) is 0 Å². The minimum absolute atomic E-state index is 0. The van der Waals surface area contributed by atoms with Crippen LogP contribution in [0.25, 0.3) is 0 Å². The Bertz CT molecular complexity index is 805. The molecule has 31 heavy (non-hydrogen) atoms. The molecule has 0 atom stereocenters. The number of nitrogens with zero attached hydrogens (tertiary/aromatic N) is 3. The van der Waals surface area contributed by atoms with E-state index in [1.165, 1.54) is 5.56 Å². The molecule has 8 heteroatoms. The first-order valence-electron chi connectivity index (χ1n) is 10.7.